The van der Waals surface area contributed by atoms with Crippen LogP contribution in [0.15, 0.2) is 60.7 Å². The summed E-state index contributed by atoms with van der Waals surface area (Å²) in [4.78, 5) is 2.66. The summed E-state index contributed by atoms with van der Waals surface area (Å²) in [5.41, 5.74) is 3.33. The third-order valence-electron chi connectivity index (χ3n) is 5.12. The van der Waals surface area contributed by atoms with Crippen LogP contribution < -0.4 is 0 Å². The zero-order chi connectivity index (χ0) is 17.0. The highest BCUT2D eigenvalue weighted by Gasteiger charge is 2.29. The molecule has 0 atom stereocenters. The van der Waals surface area contributed by atoms with E-state index in [1.807, 2.05) is 0 Å². The molecule has 0 aromatic heterocycles. The van der Waals surface area contributed by atoms with E-state index in [0.717, 1.165) is 5.92 Å². The molecule has 0 spiro atoms. The SMILES string of the molecule is CC(C)(C)CN1CCC(C(c2ccccc2)c2ccccc2)CC1. The molecule has 24 heavy (non-hydrogen) atoms. The van der Waals surface area contributed by atoms with Gasteiger partial charge in [-0.1, -0.05) is 81.4 Å². The molecule has 1 nitrogen and oxygen atoms in total. The maximum absolute atomic E-state index is 2.66. The first-order valence-electron chi connectivity index (χ1n) is 9.35. The Kier molecular flexibility index (Phi) is 5.40. The molecular formula is C23H31N. The van der Waals surface area contributed by atoms with Crippen LogP contribution in [0.2, 0.25) is 0 Å². The average Bonchev–Trinajstić information content (AvgIpc) is 2.57. The lowest BCUT2D eigenvalue weighted by Gasteiger charge is -2.39. The molecule has 1 aliphatic rings. The summed E-state index contributed by atoms with van der Waals surface area (Å²) >= 11 is 0. The smallest absolute Gasteiger partial charge is 0.0119 e. The second-order valence-electron chi connectivity index (χ2n) is 8.47. The van der Waals surface area contributed by atoms with Gasteiger partial charge in [0.15, 0.2) is 0 Å². The van der Waals surface area contributed by atoms with Gasteiger partial charge in [0.1, 0.15) is 0 Å². The van der Waals surface area contributed by atoms with Crippen LogP contribution in [-0.2, 0) is 0 Å². The Bertz CT molecular complexity index is 564. The van der Waals surface area contributed by atoms with E-state index in [2.05, 4.69) is 86.3 Å². The van der Waals surface area contributed by atoms with Gasteiger partial charge in [0.2, 0.25) is 0 Å². The van der Waals surface area contributed by atoms with Crippen molar-refractivity contribution in [1.82, 2.24) is 4.90 Å². The highest BCUT2D eigenvalue weighted by molar-refractivity contribution is 5.33. The van der Waals surface area contributed by atoms with Crippen molar-refractivity contribution in [3.05, 3.63) is 71.8 Å². The van der Waals surface area contributed by atoms with E-state index in [0.29, 0.717) is 11.3 Å². The van der Waals surface area contributed by atoms with Crippen LogP contribution in [0, 0.1) is 11.3 Å². The lowest BCUT2D eigenvalue weighted by Crippen LogP contribution is -2.40. The minimum absolute atomic E-state index is 0.394. The molecule has 0 radical (unpaired) electrons. The lowest BCUT2D eigenvalue weighted by atomic mass is 9.76. The maximum Gasteiger partial charge on any atom is 0.0119 e. The Morgan fingerprint density at radius 2 is 1.29 bits per heavy atom. The number of rotatable bonds is 4. The second kappa shape index (κ2) is 7.53. The van der Waals surface area contributed by atoms with Crippen LogP contribution in [0.1, 0.15) is 50.7 Å². The van der Waals surface area contributed by atoms with Crippen LogP contribution in [0.4, 0.5) is 0 Å². The summed E-state index contributed by atoms with van der Waals surface area (Å²) in [6, 6.07) is 22.2. The van der Waals surface area contributed by atoms with E-state index in [4.69, 9.17) is 0 Å². The molecular weight excluding hydrogens is 290 g/mol. The lowest BCUT2D eigenvalue weighted by molar-refractivity contribution is 0.131. The third-order valence-corrected chi connectivity index (χ3v) is 5.12. The molecule has 1 heteroatoms. The van der Waals surface area contributed by atoms with E-state index >= 15 is 0 Å². The summed E-state index contributed by atoms with van der Waals surface area (Å²) in [7, 11) is 0. The van der Waals surface area contributed by atoms with Gasteiger partial charge in [0, 0.05) is 12.5 Å². The molecule has 0 unspecified atom stereocenters. The van der Waals surface area contributed by atoms with Gasteiger partial charge in [-0.25, -0.2) is 0 Å². The molecule has 1 heterocycles. The van der Waals surface area contributed by atoms with Crippen LogP contribution >= 0.6 is 0 Å². The predicted octanol–water partition coefficient (Wildman–Crippen LogP) is 5.58. The largest absolute Gasteiger partial charge is 0.303 e. The van der Waals surface area contributed by atoms with Crippen molar-refractivity contribution in [2.75, 3.05) is 19.6 Å². The Balaban J connectivity index is 1.76. The molecule has 0 aliphatic carbocycles. The third kappa shape index (κ3) is 4.48. The Morgan fingerprint density at radius 3 is 1.71 bits per heavy atom. The highest BCUT2D eigenvalue weighted by atomic mass is 15.1. The quantitative estimate of drug-likeness (QED) is 0.711. The standard InChI is InChI=1S/C23H31N/c1-23(2,3)18-24-16-14-21(15-17-24)22(19-10-6-4-7-11-19)20-12-8-5-9-13-20/h4-13,21-22H,14-18H2,1-3H3. The van der Waals surface area contributed by atoms with Gasteiger partial charge < -0.3 is 4.90 Å². The topological polar surface area (TPSA) is 3.24 Å². The van der Waals surface area contributed by atoms with Gasteiger partial charge in [-0.15, -0.1) is 0 Å². The van der Waals surface area contributed by atoms with E-state index < -0.39 is 0 Å². The fourth-order valence-electron chi connectivity index (χ4n) is 4.17. The average molecular weight is 322 g/mol. The van der Waals surface area contributed by atoms with Crippen molar-refractivity contribution in [2.24, 2.45) is 11.3 Å². The zero-order valence-electron chi connectivity index (χ0n) is 15.4. The van der Waals surface area contributed by atoms with Gasteiger partial charge in [0.05, 0.1) is 0 Å². The van der Waals surface area contributed by atoms with Crippen molar-refractivity contribution >= 4 is 0 Å². The maximum atomic E-state index is 2.66. The van der Waals surface area contributed by atoms with Crippen LogP contribution in [0.25, 0.3) is 0 Å². The number of piperidine rings is 1. The molecule has 0 bridgehead atoms. The fraction of sp³-hybridized carbons (Fsp3) is 0.478. The first-order chi connectivity index (χ1) is 11.5. The van der Waals surface area contributed by atoms with Crippen LogP contribution in [0.5, 0.6) is 0 Å². The highest BCUT2D eigenvalue weighted by Crippen LogP contribution is 2.38. The minimum Gasteiger partial charge on any atom is -0.303 e. The summed E-state index contributed by atoms with van der Waals surface area (Å²) in [5.74, 6) is 1.27. The molecule has 2 aromatic rings. The van der Waals surface area contributed by atoms with Crippen molar-refractivity contribution in [3.8, 4) is 0 Å². The molecule has 1 aliphatic heterocycles. The molecule has 1 saturated heterocycles. The van der Waals surface area contributed by atoms with Crippen molar-refractivity contribution in [2.45, 2.75) is 39.5 Å². The number of nitrogens with zero attached hydrogens (tertiary/aromatic N) is 1. The molecule has 128 valence electrons. The molecule has 3 rings (SSSR count). The van der Waals surface area contributed by atoms with Gasteiger partial charge in [0.25, 0.3) is 0 Å². The zero-order valence-corrected chi connectivity index (χ0v) is 15.4. The first kappa shape index (κ1) is 17.2. The van der Waals surface area contributed by atoms with Crippen LogP contribution in [-0.4, -0.2) is 24.5 Å². The summed E-state index contributed by atoms with van der Waals surface area (Å²) in [6.07, 6.45) is 2.59. The number of benzene rings is 2. The number of hydrogen-bond acceptors (Lipinski definition) is 1. The summed E-state index contributed by atoms with van der Waals surface area (Å²) < 4.78 is 0. The Morgan fingerprint density at radius 1 is 0.833 bits per heavy atom. The first-order valence-corrected chi connectivity index (χ1v) is 9.35. The van der Waals surface area contributed by atoms with Gasteiger partial charge in [-0.3, -0.25) is 0 Å². The van der Waals surface area contributed by atoms with Gasteiger partial charge >= 0.3 is 0 Å². The number of likely N-dealkylation sites (tertiary alicyclic amines) is 1. The Labute approximate surface area is 147 Å². The van der Waals surface area contributed by atoms with Crippen molar-refractivity contribution in [1.29, 1.82) is 0 Å². The fourth-order valence-corrected chi connectivity index (χ4v) is 4.17. The van der Waals surface area contributed by atoms with Crippen LogP contribution in [0.3, 0.4) is 0 Å². The monoisotopic (exact) mass is 321 g/mol. The number of hydrogen-bond donors (Lipinski definition) is 0. The Hall–Kier alpha value is -1.60. The molecule has 2 aromatic carbocycles. The summed E-state index contributed by atoms with van der Waals surface area (Å²) in [6.45, 7) is 10.7. The summed E-state index contributed by atoms with van der Waals surface area (Å²) in [5, 5.41) is 0. The van der Waals surface area contributed by atoms with Crippen molar-refractivity contribution in [3.63, 3.8) is 0 Å². The van der Waals surface area contributed by atoms with Gasteiger partial charge in [-0.2, -0.15) is 0 Å². The van der Waals surface area contributed by atoms with E-state index in [-0.39, 0.29) is 0 Å². The minimum atomic E-state index is 0.394. The molecule has 0 N–H and O–H groups in total. The molecule has 1 fully saturated rings. The molecule has 0 saturated carbocycles. The van der Waals surface area contributed by atoms with E-state index in [1.165, 1.54) is 43.6 Å². The predicted molar refractivity (Wildman–Crippen MR) is 103 cm³/mol. The van der Waals surface area contributed by atoms with Gasteiger partial charge in [-0.05, 0) is 48.4 Å². The second-order valence-corrected chi connectivity index (χ2v) is 8.47. The van der Waals surface area contributed by atoms with E-state index in [9.17, 15) is 0 Å². The van der Waals surface area contributed by atoms with Crippen molar-refractivity contribution < 1.29 is 0 Å². The van der Waals surface area contributed by atoms with E-state index in [1.54, 1.807) is 0 Å². The molecule has 0 amide bonds. The normalized spacial score (nSPS) is 17.3.